The summed E-state index contributed by atoms with van der Waals surface area (Å²) in [6.45, 7) is 1.94. The summed E-state index contributed by atoms with van der Waals surface area (Å²) in [5.74, 6) is 0.0862. The number of carbonyl (C=O) groups excluding carboxylic acids is 2. The molecule has 34 heavy (non-hydrogen) atoms. The van der Waals surface area contributed by atoms with Crippen molar-refractivity contribution in [3.8, 4) is 0 Å². The van der Waals surface area contributed by atoms with Crippen LogP contribution in [0.3, 0.4) is 0 Å². The quantitative estimate of drug-likeness (QED) is 0.215. The van der Waals surface area contributed by atoms with Crippen molar-refractivity contribution in [2.75, 3.05) is 0 Å². The Morgan fingerprint density at radius 3 is 2.41 bits per heavy atom. The molecule has 0 saturated heterocycles. The second-order valence-corrected chi connectivity index (χ2v) is 8.96. The Bertz CT molecular complexity index is 1450. The van der Waals surface area contributed by atoms with Gasteiger partial charge in [-0.2, -0.15) is 0 Å². The van der Waals surface area contributed by atoms with Crippen LogP contribution in [0.15, 0.2) is 78.0 Å². The van der Waals surface area contributed by atoms with E-state index in [1.165, 1.54) is 0 Å². The average Bonchev–Trinajstić information content (AvgIpc) is 3.42. The molecule has 0 unspecified atom stereocenters. The third-order valence-corrected chi connectivity index (χ3v) is 6.58. The van der Waals surface area contributed by atoms with Crippen LogP contribution in [0.1, 0.15) is 27.2 Å². The molecule has 7 nitrogen and oxygen atoms in total. The number of aromatic amines is 2. The second-order valence-electron chi connectivity index (χ2n) is 8.00. The Morgan fingerprint density at radius 2 is 1.62 bits per heavy atom. The number of rotatable bonds is 6. The van der Waals surface area contributed by atoms with Crippen LogP contribution in [-0.4, -0.2) is 26.8 Å². The van der Waals surface area contributed by atoms with E-state index in [0.717, 1.165) is 49.7 Å². The Hall–Kier alpha value is -4.04. The SMILES string of the molecule is Cc1[nH]c2ccccc2c1CC(=O)NNC(=O)c1ccc(CSc2nc3ccccc3[nH]2)cc1. The van der Waals surface area contributed by atoms with Crippen molar-refractivity contribution < 1.29 is 9.59 Å². The summed E-state index contributed by atoms with van der Waals surface area (Å²) < 4.78 is 0. The van der Waals surface area contributed by atoms with Crippen molar-refractivity contribution in [1.82, 2.24) is 25.8 Å². The highest BCUT2D eigenvalue weighted by Crippen LogP contribution is 2.24. The minimum absolute atomic E-state index is 0.175. The number of amides is 2. The largest absolute Gasteiger partial charge is 0.358 e. The minimum atomic E-state index is -0.361. The molecule has 0 radical (unpaired) electrons. The summed E-state index contributed by atoms with van der Waals surface area (Å²) in [5.41, 5.74) is 11.4. The Morgan fingerprint density at radius 1 is 0.882 bits per heavy atom. The first-order valence-corrected chi connectivity index (χ1v) is 11.9. The number of benzene rings is 3. The van der Waals surface area contributed by atoms with Crippen LogP contribution in [-0.2, 0) is 17.0 Å². The zero-order valence-electron chi connectivity index (χ0n) is 18.5. The number of para-hydroxylation sites is 3. The number of hydrazine groups is 1. The average molecular weight is 470 g/mol. The van der Waals surface area contributed by atoms with Gasteiger partial charge < -0.3 is 9.97 Å². The highest BCUT2D eigenvalue weighted by atomic mass is 32.2. The monoisotopic (exact) mass is 469 g/mol. The molecular weight excluding hydrogens is 446 g/mol. The van der Waals surface area contributed by atoms with Crippen molar-refractivity contribution in [1.29, 1.82) is 0 Å². The van der Waals surface area contributed by atoms with Crippen LogP contribution in [0.25, 0.3) is 21.9 Å². The van der Waals surface area contributed by atoms with E-state index in [-0.39, 0.29) is 18.2 Å². The number of fused-ring (bicyclic) bond motifs is 2. The third-order valence-electron chi connectivity index (χ3n) is 5.64. The van der Waals surface area contributed by atoms with Crippen LogP contribution in [0.2, 0.25) is 0 Å². The smallest absolute Gasteiger partial charge is 0.269 e. The van der Waals surface area contributed by atoms with Crippen molar-refractivity contribution in [2.24, 2.45) is 0 Å². The molecule has 5 rings (SSSR count). The predicted molar refractivity (Wildman–Crippen MR) is 134 cm³/mol. The van der Waals surface area contributed by atoms with Gasteiger partial charge >= 0.3 is 0 Å². The van der Waals surface area contributed by atoms with Gasteiger partial charge in [-0.1, -0.05) is 54.2 Å². The van der Waals surface area contributed by atoms with Gasteiger partial charge in [-0.3, -0.25) is 20.4 Å². The topological polar surface area (TPSA) is 103 Å². The predicted octanol–water partition coefficient (Wildman–Crippen LogP) is 4.65. The van der Waals surface area contributed by atoms with Gasteiger partial charge in [0.25, 0.3) is 5.91 Å². The summed E-state index contributed by atoms with van der Waals surface area (Å²) in [5, 5.41) is 1.87. The van der Waals surface area contributed by atoms with Gasteiger partial charge in [0.05, 0.1) is 17.5 Å². The number of hydrogen-bond acceptors (Lipinski definition) is 4. The lowest BCUT2D eigenvalue weighted by Crippen LogP contribution is -2.42. The normalized spacial score (nSPS) is 11.1. The minimum Gasteiger partial charge on any atom is -0.358 e. The molecular formula is C26H23N5O2S. The number of aryl methyl sites for hydroxylation is 1. The number of aromatic nitrogens is 3. The molecule has 0 spiro atoms. The van der Waals surface area contributed by atoms with E-state index in [1.807, 2.05) is 67.6 Å². The highest BCUT2D eigenvalue weighted by Gasteiger charge is 2.13. The number of carbonyl (C=O) groups is 2. The van der Waals surface area contributed by atoms with Crippen LogP contribution >= 0.6 is 11.8 Å². The summed E-state index contributed by atoms with van der Waals surface area (Å²) in [7, 11) is 0. The molecule has 0 atom stereocenters. The zero-order chi connectivity index (χ0) is 23.5. The van der Waals surface area contributed by atoms with Gasteiger partial charge in [-0.25, -0.2) is 4.98 Å². The molecule has 0 bridgehead atoms. The Balaban J connectivity index is 1.14. The van der Waals surface area contributed by atoms with E-state index in [2.05, 4.69) is 25.8 Å². The zero-order valence-corrected chi connectivity index (χ0v) is 19.3. The van der Waals surface area contributed by atoms with Gasteiger partial charge in [-0.15, -0.1) is 0 Å². The van der Waals surface area contributed by atoms with Crippen molar-refractivity contribution in [3.05, 3.63) is 95.2 Å². The maximum atomic E-state index is 12.5. The van der Waals surface area contributed by atoms with Gasteiger partial charge in [0.15, 0.2) is 5.16 Å². The fraction of sp³-hybridized carbons (Fsp3) is 0.115. The molecule has 4 N–H and O–H groups in total. The standard InChI is InChI=1S/C26H23N5O2S/c1-16-20(19-6-2-3-7-21(19)27-16)14-24(32)30-31-25(33)18-12-10-17(11-13-18)15-34-26-28-22-8-4-5-9-23(22)29-26/h2-13,27H,14-15H2,1H3,(H,28,29)(H,30,32)(H,31,33). The molecule has 8 heteroatoms. The van der Waals surface area contributed by atoms with Crippen molar-refractivity contribution >= 4 is 45.5 Å². The van der Waals surface area contributed by atoms with E-state index in [4.69, 9.17) is 0 Å². The van der Waals surface area contributed by atoms with E-state index < -0.39 is 0 Å². The molecule has 2 aromatic heterocycles. The lowest BCUT2D eigenvalue weighted by atomic mass is 10.1. The van der Waals surface area contributed by atoms with Gasteiger partial charge in [-0.05, 0) is 48.4 Å². The molecule has 2 amide bonds. The fourth-order valence-electron chi connectivity index (χ4n) is 3.87. The summed E-state index contributed by atoms with van der Waals surface area (Å²) in [6, 6.07) is 23.1. The van der Waals surface area contributed by atoms with Gasteiger partial charge in [0, 0.05) is 27.9 Å². The van der Waals surface area contributed by atoms with Gasteiger partial charge in [0.2, 0.25) is 5.91 Å². The lowest BCUT2D eigenvalue weighted by molar-refractivity contribution is -0.121. The number of nitrogens with zero attached hydrogens (tertiary/aromatic N) is 1. The molecule has 170 valence electrons. The number of nitrogens with one attached hydrogen (secondary N) is 4. The molecule has 0 aliphatic rings. The maximum Gasteiger partial charge on any atom is 0.269 e. The van der Waals surface area contributed by atoms with Crippen LogP contribution in [0.5, 0.6) is 0 Å². The van der Waals surface area contributed by atoms with Gasteiger partial charge in [0.1, 0.15) is 0 Å². The Kier molecular flexibility index (Phi) is 6.05. The first kappa shape index (κ1) is 21.8. The molecule has 5 aromatic rings. The molecule has 3 aromatic carbocycles. The number of thioether (sulfide) groups is 1. The van der Waals surface area contributed by atoms with E-state index in [0.29, 0.717) is 5.56 Å². The fourth-order valence-corrected chi connectivity index (χ4v) is 4.71. The molecule has 0 fully saturated rings. The van der Waals surface area contributed by atoms with Crippen LogP contribution in [0.4, 0.5) is 0 Å². The Labute approximate surface area is 200 Å². The first-order valence-electron chi connectivity index (χ1n) is 10.9. The number of imidazole rings is 1. The summed E-state index contributed by atoms with van der Waals surface area (Å²) in [4.78, 5) is 36.0. The number of hydrogen-bond donors (Lipinski definition) is 4. The second kappa shape index (κ2) is 9.44. The summed E-state index contributed by atoms with van der Waals surface area (Å²) >= 11 is 1.60. The van der Waals surface area contributed by atoms with Crippen molar-refractivity contribution in [3.63, 3.8) is 0 Å². The molecule has 0 aliphatic heterocycles. The summed E-state index contributed by atoms with van der Waals surface area (Å²) in [6.07, 6.45) is 0.175. The number of H-pyrrole nitrogens is 2. The van der Waals surface area contributed by atoms with E-state index >= 15 is 0 Å². The van der Waals surface area contributed by atoms with E-state index in [1.54, 1.807) is 23.9 Å². The van der Waals surface area contributed by atoms with E-state index in [9.17, 15) is 9.59 Å². The molecule has 0 aliphatic carbocycles. The molecule has 0 saturated carbocycles. The van der Waals surface area contributed by atoms with Crippen molar-refractivity contribution in [2.45, 2.75) is 24.3 Å². The lowest BCUT2D eigenvalue weighted by Gasteiger charge is -2.08. The maximum absolute atomic E-state index is 12.5. The van der Waals surface area contributed by atoms with Crippen LogP contribution < -0.4 is 10.9 Å². The third kappa shape index (κ3) is 4.67. The van der Waals surface area contributed by atoms with Crippen LogP contribution in [0, 0.1) is 6.92 Å². The molecule has 2 heterocycles. The first-order chi connectivity index (χ1) is 16.6. The highest BCUT2D eigenvalue weighted by molar-refractivity contribution is 7.98.